The second-order valence-corrected chi connectivity index (χ2v) is 16.6. The summed E-state index contributed by atoms with van der Waals surface area (Å²) in [6, 6.07) is 6.29. The minimum Gasteiger partial charge on any atom is -0.410 e. The summed E-state index contributed by atoms with van der Waals surface area (Å²) in [5.74, 6) is -0.725. The van der Waals surface area contributed by atoms with Crippen LogP contribution in [-0.4, -0.2) is 25.4 Å². The van der Waals surface area contributed by atoms with Gasteiger partial charge in [-0.2, -0.15) is 0 Å². The molecule has 4 rings (SSSR count). The number of carbonyl (C=O) groups excluding carboxylic acids is 2. The molecule has 0 radical (unpaired) electrons. The Labute approximate surface area is 216 Å². The van der Waals surface area contributed by atoms with Crippen molar-refractivity contribution >= 4 is 20.4 Å². The molecule has 2 atom stereocenters. The number of fused-ring (bicyclic) bond motifs is 1. The lowest BCUT2D eigenvalue weighted by atomic mass is 9.71. The van der Waals surface area contributed by atoms with Crippen molar-refractivity contribution in [2.75, 3.05) is 0 Å². The molecule has 2 aromatic rings. The Balaban J connectivity index is 2.03. The Morgan fingerprint density at radius 1 is 1.22 bits per heavy atom. The van der Waals surface area contributed by atoms with Crippen LogP contribution in [-0.2, 0) is 15.6 Å². The number of Topliss-reactive ketones (excluding diaryl/α,β-unsaturated/α-hetero) is 1. The maximum absolute atomic E-state index is 14.0. The molecule has 0 saturated heterocycles. The highest BCUT2D eigenvalue weighted by molar-refractivity contribution is 6.72. The van der Waals surface area contributed by atoms with Crippen molar-refractivity contribution < 1.29 is 18.4 Å². The molecule has 0 N–H and O–H groups in total. The minimum absolute atomic E-state index is 0.0200. The van der Waals surface area contributed by atoms with Crippen LogP contribution in [0.15, 0.2) is 24.3 Å². The number of aldehydes is 1. The van der Waals surface area contributed by atoms with E-state index in [1.807, 2.05) is 0 Å². The van der Waals surface area contributed by atoms with E-state index in [-0.39, 0.29) is 23.3 Å². The first kappa shape index (κ1) is 26.9. The van der Waals surface area contributed by atoms with E-state index in [4.69, 9.17) is 9.41 Å². The molecule has 2 unspecified atom stereocenters. The Bertz CT molecular complexity index is 1140. The molecule has 1 heterocycles. The van der Waals surface area contributed by atoms with E-state index in [1.165, 1.54) is 12.1 Å². The van der Waals surface area contributed by atoms with E-state index in [0.717, 1.165) is 73.0 Å². The summed E-state index contributed by atoms with van der Waals surface area (Å²) in [6.45, 7) is 13.5. The smallest absolute Gasteiger partial charge is 0.227 e. The molecular weight excluding hydrogens is 469 g/mol. The lowest BCUT2D eigenvalue weighted by Crippen LogP contribution is -2.40. The van der Waals surface area contributed by atoms with Gasteiger partial charge in [-0.05, 0) is 67.4 Å². The molecule has 0 aliphatic heterocycles. The molecule has 1 saturated carbocycles. The molecule has 36 heavy (non-hydrogen) atoms. The second kappa shape index (κ2) is 10.3. The number of benzene rings is 1. The lowest BCUT2D eigenvalue weighted by Gasteiger charge is -2.43. The third kappa shape index (κ3) is 5.26. The summed E-state index contributed by atoms with van der Waals surface area (Å²) in [5, 5.41) is 0. The monoisotopic (exact) mass is 509 g/mol. The van der Waals surface area contributed by atoms with Gasteiger partial charge in [0.25, 0.3) is 0 Å². The van der Waals surface area contributed by atoms with Crippen LogP contribution < -0.4 is 0 Å². The van der Waals surface area contributed by atoms with Crippen LogP contribution in [0.2, 0.25) is 18.6 Å². The molecule has 1 aromatic heterocycles. The minimum atomic E-state index is -2.09. The van der Waals surface area contributed by atoms with E-state index in [2.05, 4.69) is 40.8 Å². The van der Waals surface area contributed by atoms with Crippen molar-refractivity contribution in [1.29, 1.82) is 0 Å². The first-order chi connectivity index (χ1) is 17.0. The number of nitrogens with zero attached hydrogens (tertiary/aromatic N) is 1. The summed E-state index contributed by atoms with van der Waals surface area (Å²) < 4.78 is 21.0. The van der Waals surface area contributed by atoms with E-state index in [0.29, 0.717) is 17.4 Å². The Hall–Kier alpha value is -2.18. The van der Waals surface area contributed by atoms with E-state index in [9.17, 15) is 14.0 Å². The number of hydrogen-bond acceptors (Lipinski definition) is 4. The van der Waals surface area contributed by atoms with Crippen LogP contribution in [0.1, 0.15) is 106 Å². The molecular formula is C30H40FNO3Si. The van der Waals surface area contributed by atoms with Gasteiger partial charge >= 0.3 is 0 Å². The standard InChI is InChI=1S/C30H40FNO3Si/c1-7-19(2)36(5,6)35-25-17-30(3,4)16-23-27(25)26(20-12-14-22(31)15-13-20)28(24(34)18-33)29(32-23)21-10-8-9-11-21/h12-15,18-19,21,25H,7-11,16-17H2,1-6H3. The topological polar surface area (TPSA) is 56.3 Å². The Morgan fingerprint density at radius 3 is 2.44 bits per heavy atom. The number of pyridine rings is 1. The number of halogens is 1. The molecule has 0 spiro atoms. The van der Waals surface area contributed by atoms with Crippen molar-refractivity contribution in [2.24, 2.45) is 5.41 Å². The Kier molecular flexibility index (Phi) is 7.68. The summed E-state index contributed by atoms with van der Waals surface area (Å²) in [5.41, 5.74) is 4.96. The van der Waals surface area contributed by atoms with Gasteiger partial charge < -0.3 is 4.43 Å². The van der Waals surface area contributed by atoms with Crippen molar-refractivity contribution in [1.82, 2.24) is 4.98 Å². The summed E-state index contributed by atoms with van der Waals surface area (Å²) in [4.78, 5) is 30.4. The average Bonchev–Trinajstić information content (AvgIpc) is 3.36. The number of carbonyl (C=O) groups is 2. The predicted molar refractivity (Wildman–Crippen MR) is 144 cm³/mol. The zero-order chi connectivity index (χ0) is 26.3. The van der Waals surface area contributed by atoms with Crippen LogP contribution in [0.3, 0.4) is 0 Å². The van der Waals surface area contributed by atoms with Gasteiger partial charge in [0.1, 0.15) is 5.82 Å². The van der Waals surface area contributed by atoms with Crippen molar-refractivity contribution in [3.63, 3.8) is 0 Å². The van der Waals surface area contributed by atoms with Gasteiger partial charge in [0, 0.05) is 22.7 Å². The van der Waals surface area contributed by atoms with Crippen LogP contribution >= 0.6 is 0 Å². The summed E-state index contributed by atoms with van der Waals surface area (Å²) >= 11 is 0. The predicted octanol–water partition coefficient (Wildman–Crippen LogP) is 7.96. The van der Waals surface area contributed by atoms with Gasteiger partial charge in [0.15, 0.2) is 14.6 Å². The third-order valence-corrected chi connectivity index (χ3v) is 12.2. The van der Waals surface area contributed by atoms with Gasteiger partial charge in [-0.25, -0.2) is 4.39 Å². The van der Waals surface area contributed by atoms with Crippen LogP contribution in [0.4, 0.5) is 4.39 Å². The first-order valence-electron chi connectivity index (χ1n) is 13.5. The zero-order valence-corrected chi connectivity index (χ0v) is 23.6. The zero-order valence-electron chi connectivity index (χ0n) is 22.6. The van der Waals surface area contributed by atoms with Crippen molar-refractivity contribution in [3.05, 3.63) is 52.6 Å². The highest BCUT2D eigenvalue weighted by Gasteiger charge is 2.42. The molecule has 4 nitrogen and oxygen atoms in total. The molecule has 2 aliphatic rings. The van der Waals surface area contributed by atoms with Crippen LogP contribution in [0, 0.1) is 11.2 Å². The highest BCUT2D eigenvalue weighted by atomic mass is 28.4. The molecule has 194 valence electrons. The van der Waals surface area contributed by atoms with Crippen LogP contribution in [0.5, 0.6) is 0 Å². The third-order valence-electron chi connectivity index (χ3n) is 8.52. The Morgan fingerprint density at radius 2 is 1.86 bits per heavy atom. The van der Waals surface area contributed by atoms with E-state index in [1.54, 1.807) is 12.1 Å². The highest BCUT2D eigenvalue weighted by Crippen LogP contribution is 2.50. The quantitative estimate of drug-likeness (QED) is 0.157. The summed E-state index contributed by atoms with van der Waals surface area (Å²) in [7, 11) is -2.09. The van der Waals surface area contributed by atoms with Gasteiger partial charge in [0.05, 0.1) is 17.4 Å². The number of hydrogen-bond donors (Lipinski definition) is 0. The molecule has 6 heteroatoms. The maximum Gasteiger partial charge on any atom is 0.227 e. The van der Waals surface area contributed by atoms with E-state index < -0.39 is 14.1 Å². The van der Waals surface area contributed by atoms with E-state index >= 15 is 0 Å². The lowest BCUT2D eigenvalue weighted by molar-refractivity contribution is -0.104. The molecule has 0 amide bonds. The number of ketones is 1. The van der Waals surface area contributed by atoms with Gasteiger partial charge in [-0.3, -0.25) is 14.6 Å². The van der Waals surface area contributed by atoms with Gasteiger partial charge in [0.2, 0.25) is 5.78 Å². The second-order valence-electron chi connectivity index (χ2n) is 12.1. The number of rotatable bonds is 8. The fraction of sp³-hybridized carbons (Fsp3) is 0.567. The fourth-order valence-electron chi connectivity index (χ4n) is 6.07. The summed E-state index contributed by atoms with van der Waals surface area (Å²) in [6.07, 6.45) is 6.91. The van der Waals surface area contributed by atoms with Crippen molar-refractivity contribution in [2.45, 2.75) is 103 Å². The average molecular weight is 510 g/mol. The van der Waals surface area contributed by atoms with Crippen molar-refractivity contribution in [3.8, 4) is 11.1 Å². The molecule has 1 fully saturated rings. The SMILES string of the molecule is CCC(C)[Si](C)(C)OC1CC(C)(C)Cc2nc(C3CCCC3)c(C(=O)C=O)c(-c3ccc(F)cc3)c21. The first-order valence-corrected chi connectivity index (χ1v) is 16.5. The largest absolute Gasteiger partial charge is 0.410 e. The van der Waals surface area contributed by atoms with Gasteiger partial charge in [-0.1, -0.05) is 59.1 Å². The number of aromatic nitrogens is 1. The van der Waals surface area contributed by atoms with Gasteiger partial charge in [-0.15, -0.1) is 0 Å². The molecule has 1 aromatic carbocycles. The maximum atomic E-state index is 14.0. The normalized spacial score (nSPS) is 20.7. The molecule has 2 aliphatic carbocycles. The fourth-order valence-corrected chi connectivity index (χ4v) is 8.22. The van der Waals surface area contributed by atoms with Crippen LogP contribution in [0.25, 0.3) is 11.1 Å². The molecule has 0 bridgehead atoms.